The third kappa shape index (κ3) is 6.60. The molecular weight excluding hydrogens is 356 g/mol. The second-order valence-corrected chi connectivity index (χ2v) is 7.64. The molecule has 0 aromatic carbocycles. The highest BCUT2D eigenvalue weighted by Crippen LogP contribution is 2.17. The molecule has 0 bridgehead atoms. The Bertz CT molecular complexity index is 541. The molecule has 8 nitrogen and oxygen atoms in total. The first-order valence-electron chi connectivity index (χ1n) is 8.99. The Morgan fingerprint density at radius 2 is 1.88 bits per heavy atom. The van der Waals surface area contributed by atoms with Crippen molar-refractivity contribution < 1.29 is 19.2 Å². The fourth-order valence-corrected chi connectivity index (χ4v) is 3.02. The van der Waals surface area contributed by atoms with Crippen molar-refractivity contribution in [2.24, 2.45) is 11.7 Å². The van der Waals surface area contributed by atoms with E-state index in [1.807, 2.05) is 20.8 Å². The number of nitrogens with two attached hydrogens (primary N) is 1. The van der Waals surface area contributed by atoms with E-state index in [1.54, 1.807) is 0 Å². The van der Waals surface area contributed by atoms with Gasteiger partial charge in [0.05, 0.1) is 5.25 Å². The van der Waals surface area contributed by atoms with Crippen molar-refractivity contribution in [2.75, 3.05) is 13.1 Å². The highest BCUT2D eigenvalue weighted by Gasteiger charge is 2.38. The molecule has 1 aliphatic heterocycles. The van der Waals surface area contributed by atoms with Gasteiger partial charge in [0.2, 0.25) is 23.6 Å². The molecule has 0 aromatic heterocycles. The summed E-state index contributed by atoms with van der Waals surface area (Å²) in [5, 5.41) is 4.82. The third-order valence-corrected chi connectivity index (χ3v) is 4.67. The number of imide groups is 1. The zero-order chi connectivity index (χ0) is 19.9. The second-order valence-electron chi connectivity index (χ2n) is 7.02. The van der Waals surface area contributed by atoms with Gasteiger partial charge < -0.3 is 16.4 Å². The van der Waals surface area contributed by atoms with Gasteiger partial charge in [0.15, 0.2) is 0 Å². The van der Waals surface area contributed by atoms with E-state index in [-0.39, 0.29) is 24.3 Å². The molecule has 0 saturated carbocycles. The lowest BCUT2D eigenvalue weighted by Crippen LogP contribution is -2.53. The van der Waals surface area contributed by atoms with E-state index < -0.39 is 35.6 Å². The van der Waals surface area contributed by atoms with Gasteiger partial charge in [-0.1, -0.05) is 20.3 Å². The SMILES string of the molecule is CC(C)[C@H](NC(=O)CN1C(=O)CC(S)C1=O)C(=O)N[C@H](C)CCCCN. The van der Waals surface area contributed by atoms with Crippen LogP contribution in [-0.2, 0) is 19.2 Å². The molecule has 1 rings (SSSR count). The van der Waals surface area contributed by atoms with Crippen molar-refractivity contribution in [3.63, 3.8) is 0 Å². The standard InChI is InChI=1S/C17H30N4O4S/c1-10(2)15(16(24)19-11(3)6-4-5-7-18)20-13(22)9-21-14(23)8-12(26)17(21)25/h10-12,15,26H,4-9,18H2,1-3H3,(H,19,24)(H,20,22)/t11-,12?,15+/m1/s1. The summed E-state index contributed by atoms with van der Waals surface area (Å²) in [6.45, 7) is 5.77. The van der Waals surface area contributed by atoms with Crippen LogP contribution in [-0.4, -0.2) is 59.0 Å². The van der Waals surface area contributed by atoms with Crippen LogP contribution in [0.1, 0.15) is 46.5 Å². The molecule has 0 radical (unpaired) electrons. The summed E-state index contributed by atoms with van der Waals surface area (Å²) < 4.78 is 0. The highest BCUT2D eigenvalue weighted by molar-refractivity contribution is 7.81. The number of hydrogen-bond donors (Lipinski definition) is 4. The molecule has 9 heteroatoms. The maximum Gasteiger partial charge on any atom is 0.243 e. The molecule has 1 saturated heterocycles. The van der Waals surface area contributed by atoms with Gasteiger partial charge in [-0.2, -0.15) is 12.6 Å². The monoisotopic (exact) mass is 386 g/mol. The average molecular weight is 387 g/mol. The van der Waals surface area contributed by atoms with Crippen molar-refractivity contribution in [2.45, 2.75) is 63.8 Å². The van der Waals surface area contributed by atoms with Gasteiger partial charge in [-0.3, -0.25) is 24.1 Å². The number of carbonyl (C=O) groups is 4. The maximum absolute atomic E-state index is 12.5. The second kappa shape index (κ2) is 10.5. The minimum atomic E-state index is -0.737. The van der Waals surface area contributed by atoms with Crippen LogP contribution in [0.2, 0.25) is 0 Å². The molecular formula is C17H30N4O4S. The van der Waals surface area contributed by atoms with Gasteiger partial charge in [0.1, 0.15) is 12.6 Å². The number of nitrogens with one attached hydrogen (secondary N) is 2. The number of unbranched alkanes of at least 4 members (excludes halogenated alkanes) is 1. The van der Waals surface area contributed by atoms with Crippen LogP contribution in [0.5, 0.6) is 0 Å². The molecule has 1 unspecified atom stereocenters. The molecule has 1 aliphatic rings. The normalized spacial score (nSPS) is 19.6. The molecule has 0 aliphatic carbocycles. The number of rotatable bonds is 10. The lowest BCUT2D eigenvalue weighted by atomic mass is 10.0. The minimum absolute atomic E-state index is 0.0103. The van der Waals surface area contributed by atoms with E-state index in [0.29, 0.717) is 6.54 Å². The van der Waals surface area contributed by atoms with E-state index in [4.69, 9.17) is 5.73 Å². The lowest BCUT2D eigenvalue weighted by Gasteiger charge is -2.25. The van der Waals surface area contributed by atoms with Crippen LogP contribution in [0, 0.1) is 5.92 Å². The van der Waals surface area contributed by atoms with Crippen LogP contribution in [0.15, 0.2) is 0 Å². The van der Waals surface area contributed by atoms with Crippen LogP contribution in [0.3, 0.4) is 0 Å². The van der Waals surface area contributed by atoms with Gasteiger partial charge in [-0.15, -0.1) is 0 Å². The summed E-state index contributed by atoms with van der Waals surface area (Å²) in [5.41, 5.74) is 5.46. The smallest absolute Gasteiger partial charge is 0.243 e. The van der Waals surface area contributed by atoms with Crippen molar-refractivity contribution in [1.29, 1.82) is 0 Å². The number of nitrogens with zero attached hydrogens (tertiary/aromatic N) is 1. The molecule has 4 amide bonds. The summed E-state index contributed by atoms with van der Waals surface area (Å²) >= 11 is 4.02. The highest BCUT2D eigenvalue weighted by atomic mass is 32.1. The van der Waals surface area contributed by atoms with E-state index in [9.17, 15) is 19.2 Å². The molecule has 1 heterocycles. The van der Waals surface area contributed by atoms with Crippen LogP contribution >= 0.6 is 12.6 Å². The molecule has 0 spiro atoms. The fourth-order valence-electron chi connectivity index (χ4n) is 2.73. The Morgan fingerprint density at radius 3 is 2.38 bits per heavy atom. The van der Waals surface area contributed by atoms with Crippen LogP contribution in [0.4, 0.5) is 0 Å². The summed E-state index contributed by atoms with van der Waals surface area (Å²) in [6.07, 6.45) is 2.61. The Labute approximate surface area is 160 Å². The van der Waals surface area contributed by atoms with E-state index in [2.05, 4.69) is 23.3 Å². The van der Waals surface area contributed by atoms with Crippen molar-refractivity contribution in [1.82, 2.24) is 15.5 Å². The Hall–Kier alpha value is -1.61. The Morgan fingerprint density at radius 1 is 1.23 bits per heavy atom. The lowest BCUT2D eigenvalue weighted by molar-refractivity contribution is -0.142. The first kappa shape index (κ1) is 22.4. The number of likely N-dealkylation sites (tertiary alicyclic amines) is 1. The van der Waals surface area contributed by atoms with Gasteiger partial charge in [0, 0.05) is 12.5 Å². The van der Waals surface area contributed by atoms with Crippen LogP contribution < -0.4 is 16.4 Å². The summed E-state index contributed by atoms with van der Waals surface area (Å²) in [7, 11) is 0. The molecule has 26 heavy (non-hydrogen) atoms. The summed E-state index contributed by atoms with van der Waals surface area (Å²) in [4.78, 5) is 49.2. The fraction of sp³-hybridized carbons (Fsp3) is 0.765. The van der Waals surface area contributed by atoms with Crippen molar-refractivity contribution in [3.8, 4) is 0 Å². The van der Waals surface area contributed by atoms with Gasteiger partial charge in [0.25, 0.3) is 0 Å². The predicted molar refractivity (Wildman–Crippen MR) is 101 cm³/mol. The number of hydrogen-bond acceptors (Lipinski definition) is 6. The first-order chi connectivity index (χ1) is 12.2. The van der Waals surface area contributed by atoms with E-state index in [0.717, 1.165) is 24.2 Å². The summed E-state index contributed by atoms with van der Waals surface area (Å²) in [5.74, 6) is -1.87. The van der Waals surface area contributed by atoms with Gasteiger partial charge in [-0.05, 0) is 32.2 Å². The number of amides is 4. The molecule has 1 fully saturated rings. The largest absolute Gasteiger partial charge is 0.352 e. The van der Waals surface area contributed by atoms with E-state index in [1.165, 1.54) is 0 Å². The Balaban J connectivity index is 2.58. The zero-order valence-corrected chi connectivity index (χ0v) is 16.6. The average Bonchev–Trinajstić information content (AvgIpc) is 2.78. The Kier molecular flexibility index (Phi) is 9.07. The minimum Gasteiger partial charge on any atom is -0.352 e. The quantitative estimate of drug-likeness (QED) is 0.236. The van der Waals surface area contributed by atoms with Crippen molar-refractivity contribution >= 4 is 36.3 Å². The molecule has 0 aromatic rings. The summed E-state index contributed by atoms with van der Waals surface area (Å²) in [6, 6.07) is -0.766. The van der Waals surface area contributed by atoms with E-state index >= 15 is 0 Å². The number of carbonyl (C=O) groups excluding carboxylic acids is 4. The molecule has 3 atom stereocenters. The third-order valence-electron chi connectivity index (χ3n) is 4.27. The van der Waals surface area contributed by atoms with Crippen molar-refractivity contribution in [3.05, 3.63) is 0 Å². The number of thiol groups is 1. The van der Waals surface area contributed by atoms with Crippen LogP contribution in [0.25, 0.3) is 0 Å². The van der Waals surface area contributed by atoms with Gasteiger partial charge in [-0.25, -0.2) is 0 Å². The van der Waals surface area contributed by atoms with Gasteiger partial charge >= 0.3 is 0 Å². The first-order valence-corrected chi connectivity index (χ1v) is 9.51. The zero-order valence-electron chi connectivity index (χ0n) is 15.7. The molecule has 148 valence electrons. The molecule has 4 N–H and O–H groups in total. The predicted octanol–water partition coefficient (Wildman–Crippen LogP) is -0.182. The topological polar surface area (TPSA) is 122 Å². The maximum atomic E-state index is 12.5.